The molecule has 1 aliphatic heterocycles. The number of carbonyl (C=O) groups is 1. The van der Waals surface area contributed by atoms with Crippen molar-refractivity contribution in [1.82, 2.24) is 4.90 Å². The van der Waals surface area contributed by atoms with Crippen molar-refractivity contribution >= 4 is 22.6 Å². The van der Waals surface area contributed by atoms with Gasteiger partial charge in [-0.05, 0) is 61.9 Å². The molecule has 1 saturated heterocycles. The Bertz CT molecular complexity index is 822. The molecule has 0 radical (unpaired) electrons. The van der Waals surface area contributed by atoms with E-state index in [1.165, 1.54) is 10.9 Å². The van der Waals surface area contributed by atoms with Crippen LogP contribution in [0.2, 0.25) is 0 Å². The zero-order chi connectivity index (χ0) is 18.0. The molecule has 1 amide bonds. The van der Waals surface area contributed by atoms with Gasteiger partial charge < -0.3 is 9.64 Å². The van der Waals surface area contributed by atoms with Crippen LogP contribution in [0.4, 0.5) is 10.5 Å². The largest absolute Gasteiger partial charge is 0.444 e. The van der Waals surface area contributed by atoms with Crippen LogP contribution in [-0.2, 0) is 4.74 Å². The zero-order valence-electron chi connectivity index (χ0n) is 15.1. The van der Waals surface area contributed by atoms with E-state index in [-0.39, 0.29) is 6.09 Å². The van der Waals surface area contributed by atoms with Gasteiger partial charge in [0, 0.05) is 13.1 Å². The minimum absolute atomic E-state index is 0.212. The first-order valence-corrected chi connectivity index (χ1v) is 8.75. The summed E-state index contributed by atoms with van der Waals surface area (Å²) in [5.74, 6) is 0.462. The number of hydrogen-bond donors (Lipinski definition) is 0. The second kappa shape index (κ2) is 6.76. The first-order valence-electron chi connectivity index (χ1n) is 8.75. The predicted octanol–water partition coefficient (Wildman–Crippen LogP) is 5.51. The molecule has 0 spiro atoms. The van der Waals surface area contributed by atoms with Crippen molar-refractivity contribution < 1.29 is 9.53 Å². The highest BCUT2D eigenvalue weighted by atomic mass is 16.6. The highest BCUT2D eigenvalue weighted by Gasteiger charge is 2.27. The first-order chi connectivity index (χ1) is 11.9. The van der Waals surface area contributed by atoms with Crippen LogP contribution in [0.5, 0.6) is 0 Å². The Labute approximate surface area is 149 Å². The number of amides is 1. The number of fused-ring (bicyclic) bond motifs is 1. The molecular weight excluding hydrogens is 312 g/mol. The minimum Gasteiger partial charge on any atom is -0.444 e. The normalized spacial score (nSPS) is 15.8. The molecule has 1 aliphatic rings. The molecule has 0 aliphatic carbocycles. The number of benzene rings is 2. The van der Waals surface area contributed by atoms with Crippen LogP contribution in [-0.4, -0.2) is 29.7 Å². The average Bonchev–Trinajstić information content (AvgIpc) is 2.59. The van der Waals surface area contributed by atoms with Gasteiger partial charge in [-0.3, -0.25) is 0 Å². The summed E-state index contributed by atoms with van der Waals surface area (Å²) >= 11 is 0. The summed E-state index contributed by atoms with van der Waals surface area (Å²) in [5.41, 5.74) is 1.54. The summed E-state index contributed by atoms with van der Waals surface area (Å²) in [7, 11) is 0. The van der Waals surface area contributed by atoms with Crippen LogP contribution in [0.25, 0.3) is 15.6 Å². The van der Waals surface area contributed by atoms with E-state index < -0.39 is 5.60 Å². The quantitative estimate of drug-likeness (QED) is 0.644. The summed E-state index contributed by atoms with van der Waals surface area (Å²) in [6.07, 6.45) is 1.69. The number of likely N-dealkylation sites (tertiary alicyclic amines) is 1. The van der Waals surface area contributed by atoms with Crippen LogP contribution in [0.3, 0.4) is 0 Å². The summed E-state index contributed by atoms with van der Waals surface area (Å²) in [6.45, 7) is 14.3. The molecule has 1 fully saturated rings. The van der Waals surface area contributed by atoms with Gasteiger partial charge in [0.25, 0.3) is 0 Å². The lowest BCUT2D eigenvalue weighted by atomic mass is 9.88. The Morgan fingerprint density at radius 2 is 1.76 bits per heavy atom. The fourth-order valence-corrected chi connectivity index (χ4v) is 3.30. The smallest absolute Gasteiger partial charge is 0.410 e. The van der Waals surface area contributed by atoms with E-state index in [4.69, 9.17) is 11.3 Å². The van der Waals surface area contributed by atoms with Crippen LogP contribution in [0.15, 0.2) is 36.4 Å². The lowest BCUT2D eigenvalue weighted by molar-refractivity contribution is 0.0205. The van der Waals surface area contributed by atoms with Gasteiger partial charge in [-0.1, -0.05) is 30.3 Å². The topological polar surface area (TPSA) is 33.9 Å². The highest BCUT2D eigenvalue weighted by Crippen LogP contribution is 2.31. The second-order valence-electron chi connectivity index (χ2n) is 7.64. The third-order valence-corrected chi connectivity index (χ3v) is 4.60. The monoisotopic (exact) mass is 336 g/mol. The molecule has 2 aromatic rings. The van der Waals surface area contributed by atoms with Crippen LogP contribution in [0.1, 0.15) is 45.1 Å². The van der Waals surface area contributed by atoms with Gasteiger partial charge in [-0.2, -0.15) is 0 Å². The van der Waals surface area contributed by atoms with Gasteiger partial charge in [0.1, 0.15) is 5.60 Å². The molecule has 25 heavy (non-hydrogen) atoms. The average molecular weight is 336 g/mol. The molecule has 0 aromatic heterocycles. The van der Waals surface area contributed by atoms with E-state index >= 15 is 0 Å². The van der Waals surface area contributed by atoms with Crippen molar-refractivity contribution in [3.05, 3.63) is 53.4 Å². The van der Waals surface area contributed by atoms with Gasteiger partial charge in [0.05, 0.1) is 6.57 Å². The van der Waals surface area contributed by atoms with Gasteiger partial charge in [-0.15, -0.1) is 0 Å². The molecule has 0 bridgehead atoms. The standard InChI is InChI=1S/C21H24N2O2/c1-21(2,3)25-20(24)23-11-9-15(10-12-23)16-5-6-18-14-19(22-4)8-7-17(18)13-16/h5-8,13-15H,9-12H2,1-3H3. The number of hydrogen-bond acceptors (Lipinski definition) is 2. The van der Waals surface area contributed by atoms with Crippen LogP contribution in [0, 0.1) is 6.57 Å². The maximum absolute atomic E-state index is 12.2. The van der Waals surface area contributed by atoms with Gasteiger partial charge in [-0.25, -0.2) is 9.64 Å². The fourth-order valence-electron chi connectivity index (χ4n) is 3.30. The van der Waals surface area contributed by atoms with E-state index in [0.29, 0.717) is 11.6 Å². The van der Waals surface area contributed by atoms with Gasteiger partial charge in [0.2, 0.25) is 0 Å². The van der Waals surface area contributed by atoms with E-state index in [2.05, 4.69) is 23.0 Å². The molecule has 0 unspecified atom stereocenters. The number of rotatable bonds is 1. The Balaban J connectivity index is 1.68. The summed E-state index contributed by atoms with van der Waals surface area (Å²) in [6, 6.07) is 12.3. The Kier molecular flexibility index (Phi) is 4.67. The zero-order valence-corrected chi connectivity index (χ0v) is 15.1. The van der Waals surface area contributed by atoms with Crippen molar-refractivity contribution in [2.45, 2.75) is 45.1 Å². The van der Waals surface area contributed by atoms with E-state index in [1.54, 1.807) is 0 Å². The lowest BCUT2D eigenvalue weighted by Crippen LogP contribution is -2.41. The SMILES string of the molecule is [C-]#[N+]c1ccc2cc(C3CCN(C(=O)OC(C)(C)C)CC3)ccc2c1. The van der Waals surface area contributed by atoms with E-state index in [9.17, 15) is 4.79 Å². The molecular formula is C21H24N2O2. The van der Waals surface area contributed by atoms with E-state index in [1.807, 2.05) is 43.9 Å². The van der Waals surface area contributed by atoms with Crippen LogP contribution < -0.4 is 0 Å². The minimum atomic E-state index is -0.448. The second-order valence-corrected chi connectivity index (χ2v) is 7.64. The lowest BCUT2D eigenvalue weighted by Gasteiger charge is -2.33. The third-order valence-electron chi connectivity index (χ3n) is 4.60. The molecule has 1 heterocycles. The number of ether oxygens (including phenoxy) is 1. The van der Waals surface area contributed by atoms with Crippen molar-refractivity contribution in [1.29, 1.82) is 0 Å². The van der Waals surface area contributed by atoms with Gasteiger partial charge in [0.15, 0.2) is 5.69 Å². The molecule has 130 valence electrons. The Hall–Kier alpha value is -2.54. The highest BCUT2D eigenvalue weighted by molar-refractivity contribution is 5.86. The number of carbonyl (C=O) groups excluding carboxylic acids is 1. The summed E-state index contributed by atoms with van der Waals surface area (Å²) in [5, 5.41) is 2.27. The van der Waals surface area contributed by atoms with Crippen molar-refractivity contribution in [3.8, 4) is 0 Å². The molecule has 0 N–H and O–H groups in total. The fraction of sp³-hybridized carbons (Fsp3) is 0.429. The van der Waals surface area contributed by atoms with Crippen LogP contribution >= 0.6 is 0 Å². The predicted molar refractivity (Wildman–Crippen MR) is 100.0 cm³/mol. The molecule has 4 nitrogen and oxygen atoms in total. The maximum Gasteiger partial charge on any atom is 0.410 e. The van der Waals surface area contributed by atoms with E-state index in [0.717, 1.165) is 31.3 Å². The molecule has 2 aromatic carbocycles. The molecule has 0 saturated carbocycles. The molecule has 3 rings (SSSR count). The number of nitrogens with zero attached hydrogens (tertiary/aromatic N) is 2. The van der Waals surface area contributed by atoms with Crippen molar-refractivity contribution in [2.75, 3.05) is 13.1 Å². The third kappa shape index (κ3) is 4.11. The molecule has 0 atom stereocenters. The first kappa shape index (κ1) is 17.3. The van der Waals surface area contributed by atoms with Crippen molar-refractivity contribution in [3.63, 3.8) is 0 Å². The van der Waals surface area contributed by atoms with Crippen molar-refractivity contribution in [2.24, 2.45) is 0 Å². The summed E-state index contributed by atoms with van der Waals surface area (Å²) in [4.78, 5) is 17.5. The van der Waals surface area contributed by atoms with Gasteiger partial charge >= 0.3 is 6.09 Å². The molecule has 4 heteroatoms. The maximum atomic E-state index is 12.2. The summed E-state index contributed by atoms with van der Waals surface area (Å²) < 4.78 is 5.46. The Morgan fingerprint density at radius 1 is 1.12 bits per heavy atom. The number of piperidine rings is 1. The Morgan fingerprint density at radius 3 is 2.40 bits per heavy atom.